The molecule has 0 aliphatic heterocycles. The molecule has 0 unspecified atom stereocenters. The Morgan fingerprint density at radius 2 is 2.20 bits per heavy atom. The van der Waals surface area contributed by atoms with Crippen LogP contribution >= 0.6 is 11.3 Å². The van der Waals surface area contributed by atoms with Crippen LogP contribution in [0.15, 0.2) is 28.2 Å². The largest absolute Gasteiger partial charge is 0.464 e. The van der Waals surface area contributed by atoms with Gasteiger partial charge in [0.2, 0.25) is 0 Å². The van der Waals surface area contributed by atoms with Crippen LogP contribution in [-0.2, 0) is 14.8 Å². The predicted octanol–water partition coefficient (Wildman–Crippen LogP) is 1.43. The standard InChI is InChI=1S/C11H11N3O4S2/c1-7-5-12-4-3-8(7)14-20(16,17)11-9(10(15)18-2)13-6-19-11/h3-6H,1-2H3,(H,12,14). The molecule has 0 saturated heterocycles. The molecule has 0 aromatic carbocycles. The molecule has 0 aliphatic carbocycles. The van der Waals surface area contributed by atoms with Crippen molar-refractivity contribution in [1.82, 2.24) is 9.97 Å². The molecule has 1 N–H and O–H groups in total. The van der Waals surface area contributed by atoms with Gasteiger partial charge in [-0.2, -0.15) is 0 Å². The number of hydrogen-bond acceptors (Lipinski definition) is 7. The average Bonchev–Trinajstić information content (AvgIpc) is 2.90. The third-order valence-corrected chi connectivity index (χ3v) is 5.16. The Balaban J connectivity index is 2.40. The normalized spacial score (nSPS) is 11.1. The number of rotatable bonds is 4. The molecule has 0 bridgehead atoms. The molecule has 106 valence electrons. The van der Waals surface area contributed by atoms with Gasteiger partial charge >= 0.3 is 5.97 Å². The summed E-state index contributed by atoms with van der Waals surface area (Å²) in [5.41, 5.74) is 2.11. The number of anilines is 1. The van der Waals surface area contributed by atoms with Crippen LogP contribution in [-0.4, -0.2) is 31.5 Å². The van der Waals surface area contributed by atoms with Gasteiger partial charge in [0.15, 0.2) is 9.90 Å². The van der Waals surface area contributed by atoms with Gasteiger partial charge in [0.25, 0.3) is 10.0 Å². The molecule has 0 spiro atoms. The lowest BCUT2D eigenvalue weighted by molar-refractivity contribution is 0.0590. The van der Waals surface area contributed by atoms with Gasteiger partial charge in [0.05, 0.1) is 18.3 Å². The fourth-order valence-corrected chi connectivity index (χ4v) is 3.70. The molecule has 2 rings (SSSR count). The lowest BCUT2D eigenvalue weighted by Gasteiger charge is -2.09. The van der Waals surface area contributed by atoms with Crippen LogP contribution in [0.5, 0.6) is 0 Å². The number of pyridine rings is 1. The average molecular weight is 313 g/mol. The summed E-state index contributed by atoms with van der Waals surface area (Å²) in [5, 5.41) is 0. The first-order valence-corrected chi connectivity index (χ1v) is 7.77. The van der Waals surface area contributed by atoms with Crippen LogP contribution in [0.1, 0.15) is 16.1 Å². The molecule has 7 nitrogen and oxygen atoms in total. The van der Waals surface area contributed by atoms with Crippen LogP contribution in [0.2, 0.25) is 0 Å². The van der Waals surface area contributed by atoms with Gasteiger partial charge in [-0.25, -0.2) is 18.2 Å². The first-order valence-electron chi connectivity index (χ1n) is 5.41. The van der Waals surface area contributed by atoms with E-state index in [1.165, 1.54) is 31.1 Å². The number of carbonyl (C=O) groups excluding carboxylic acids is 1. The van der Waals surface area contributed by atoms with E-state index in [4.69, 9.17) is 0 Å². The number of thiazole rings is 1. The van der Waals surface area contributed by atoms with E-state index in [1.54, 1.807) is 6.92 Å². The van der Waals surface area contributed by atoms with Crippen LogP contribution < -0.4 is 4.72 Å². The molecule has 0 amide bonds. The van der Waals surface area contributed by atoms with Gasteiger partial charge < -0.3 is 4.74 Å². The van der Waals surface area contributed by atoms with Crippen molar-refractivity contribution < 1.29 is 17.9 Å². The van der Waals surface area contributed by atoms with Crippen molar-refractivity contribution in [2.75, 3.05) is 11.8 Å². The van der Waals surface area contributed by atoms with E-state index < -0.39 is 16.0 Å². The minimum Gasteiger partial charge on any atom is -0.464 e. The fourth-order valence-electron chi connectivity index (χ4n) is 1.44. The monoisotopic (exact) mass is 313 g/mol. The van der Waals surface area contributed by atoms with Gasteiger partial charge in [-0.3, -0.25) is 9.71 Å². The molecule has 0 fully saturated rings. The maximum Gasteiger partial charge on any atom is 0.358 e. The highest BCUT2D eigenvalue weighted by Gasteiger charge is 2.26. The van der Waals surface area contributed by atoms with Gasteiger partial charge in [-0.15, -0.1) is 11.3 Å². The number of aryl methyl sites for hydroxylation is 1. The van der Waals surface area contributed by atoms with E-state index in [0.29, 0.717) is 11.3 Å². The maximum atomic E-state index is 12.3. The van der Waals surface area contributed by atoms with Crippen molar-refractivity contribution in [1.29, 1.82) is 0 Å². The Labute approximate surface area is 119 Å². The summed E-state index contributed by atoms with van der Waals surface area (Å²) >= 11 is 0.847. The second kappa shape index (κ2) is 5.55. The van der Waals surface area contributed by atoms with Crippen molar-refractivity contribution in [3.05, 3.63) is 35.2 Å². The zero-order valence-electron chi connectivity index (χ0n) is 10.7. The van der Waals surface area contributed by atoms with Gasteiger partial charge in [0.1, 0.15) is 0 Å². The second-order valence-corrected chi connectivity index (χ2v) is 6.51. The van der Waals surface area contributed by atoms with Crippen molar-refractivity contribution in [3.63, 3.8) is 0 Å². The summed E-state index contributed by atoms with van der Waals surface area (Å²) in [6, 6.07) is 1.53. The molecule has 0 aliphatic rings. The predicted molar refractivity (Wildman–Crippen MR) is 73.2 cm³/mol. The highest BCUT2D eigenvalue weighted by molar-refractivity contribution is 7.94. The second-order valence-electron chi connectivity index (χ2n) is 3.78. The Kier molecular flexibility index (Phi) is 4.00. The third kappa shape index (κ3) is 2.78. The van der Waals surface area contributed by atoms with E-state index >= 15 is 0 Å². The third-order valence-electron chi connectivity index (χ3n) is 2.42. The molecular weight excluding hydrogens is 302 g/mol. The zero-order chi connectivity index (χ0) is 14.8. The number of carbonyl (C=O) groups is 1. The highest BCUT2D eigenvalue weighted by Crippen LogP contribution is 2.24. The first-order chi connectivity index (χ1) is 9.45. The zero-order valence-corrected chi connectivity index (χ0v) is 12.3. The van der Waals surface area contributed by atoms with E-state index in [0.717, 1.165) is 11.3 Å². The Morgan fingerprint density at radius 1 is 1.45 bits per heavy atom. The van der Waals surface area contributed by atoms with Crippen LogP contribution in [0.3, 0.4) is 0 Å². The summed E-state index contributed by atoms with van der Waals surface area (Å²) in [7, 11) is -2.74. The minimum absolute atomic E-state index is 0.180. The van der Waals surface area contributed by atoms with E-state index in [-0.39, 0.29) is 9.90 Å². The topological polar surface area (TPSA) is 98.2 Å². The van der Waals surface area contributed by atoms with Gasteiger partial charge in [0, 0.05) is 12.4 Å². The lowest BCUT2D eigenvalue weighted by atomic mass is 10.3. The SMILES string of the molecule is COC(=O)c1ncsc1S(=O)(=O)Nc1ccncc1C. The number of nitrogens with one attached hydrogen (secondary N) is 1. The summed E-state index contributed by atoms with van der Waals surface area (Å²) in [6.07, 6.45) is 3.00. The number of nitrogens with zero attached hydrogens (tertiary/aromatic N) is 2. The molecule has 0 atom stereocenters. The van der Waals surface area contributed by atoms with E-state index in [2.05, 4.69) is 19.4 Å². The summed E-state index contributed by atoms with van der Waals surface area (Å²) in [4.78, 5) is 19.1. The molecule has 0 radical (unpaired) electrons. The maximum absolute atomic E-state index is 12.3. The number of esters is 1. The Hall–Kier alpha value is -2.00. The first kappa shape index (κ1) is 14.4. The van der Waals surface area contributed by atoms with E-state index in [1.807, 2.05) is 0 Å². The summed E-state index contributed by atoms with van der Waals surface area (Å²) in [5.74, 6) is -0.793. The number of sulfonamides is 1. The minimum atomic E-state index is -3.90. The number of methoxy groups -OCH3 is 1. The number of aromatic nitrogens is 2. The van der Waals surface area contributed by atoms with E-state index in [9.17, 15) is 13.2 Å². The lowest BCUT2D eigenvalue weighted by Crippen LogP contribution is -2.16. The number of ether oxygens (including phenoxy) is 1. The van der Waals surface area contributed by atoms with Crippen LogP contribution in [0, 0.1) is 6.92 Å². The smallest absolute Gasteiger partial charge is 0.358 e. The summed E-state index contributed by atoms with van der Waals surface area (Å²) in [6.45, 7) is 1.72. The Bertz CT molecular complexity index is 740. The fraction of sp³-hybridized carbons (Fsp3) is 0.182. The molecule has 0 saturated carbocycles. The van der Waals surface area contributed by atoms with Crippen molar-refractivity contribution in [2.45, 2.75) is 11.1 Å². The molecular formula is C11H11N3O4S2. The van der Waals surface area contributed by atoms with Crippen LogP contribution in [0.25, 0.3) is 0 Å². The molecule has 2 aromatic heterocycles. The van der Waals surface area contributed by atoms with Crippen molar-refractivity contribution >= 4 is 33.0 Å². The molecule has 9 heteroatoms. The number of hydrogen-bond donors (Lipinski definition) is 1. The van der Waals surface area contributed by atoms with Gasteiger partial charge in [-0.05, 0) is 18.6 Å². The molecule has 2 heterocycles. The van der Waals surface area contributed by atoms with Crippen LogP contribution in [0.4, 0.5) is 5.69 Å². The Morgan fingerprint density at radius 3 is 2.85 bits per heavy atom. The van der Waals surface area contributed by atoms with Crippen molar-refractivity contribution in [2.24, 2.45) is 0 Å². The van der Waals surface area contributed by atoms with Gasteiger partial charge in [-0.1, -0.05) is 0 Å². The molecule has 2 aromatic rings. The molecule has 20 heavy (non-hydrogen) atoms. The quantitative estimate of drug-likeness (QED) is 0.857. The van der Waals surface area contributed by atoms with Crippen molar-refractivity contribution in [3.8, 4) is 0 Å². The summed E-state index contributed by atoms with van der Waals surface area (Å²) < 4.78 is 31.3. The highest BCUT2D eigenvalue weighted by atomic mass is 32.2.